The number of benzene rings is 2. The molecule has 0 radical (unpaired) electrons. The van der Waals surface area contributed by atoms with Crippen molar-refractivity contribution in [3.05, 3.63) is 63.2 Å². The maximum Gasteiger partial charge on any atom is 1.00 e. The van der Waals surface area contributed by atoms with Crippen LogP contribution in [0.3, 0.4) is 0 Å². The third-order valence-corrected chi connectivity index (χ3v) is 4.94. The molecule has 0 aliphatic carbocycles. The molecule has 1 atom stereocenters. The SMILES string of the molecule is Cc1c(C)c(C)c(C(=O)c2ccccc2P)c(C)c1C.[H-].[Li+]. The van der Waals surface area contributed by atoms with Crippen molar-refractivity contribution in [3.63, 3.8) is 0 Å². The Bertz CT molecular complexity index is 681. The number of carbonyl (C=O) groups excluding carboxylic acids is 1. The van der Waals surface area contributed by atoms with Crippen molar-refractivity contribution in [1.82, 2.24) is 0 Å². The molecule has 21 heavy (non-hydrogen) atoms. The van der Waals surface area contributed by atoms with E-state index in [-0.39, 0.29) is 26.1 Å². The fourth-order valence-electron chi connectivity index (χ4n) is 2.68. The van der Waals surface area contributed by atoms with Gasteiger partial charge in [0.15, 0.2) is 5.78 Å². The standard InChI is InChI=1S/C18H21OP.Li.H/c1-10-11(2)13(4)17(14(5)12(10)3)18(19)15-8-6-7-9-16(15)20;;/h6-9H,20H2,1-5H3;;/q;+1;-1. The van der Waals surface area contributed by atoms with E-state index >= 15 is 0 Å². The maximum absolute atomic E-state index is 12.9. The van der Waals surface area contributed by atoms with Gasteiger partial charge < -0.3 is 1.43 Å². The molecule has 0 spiro atoms. The predicted octanol–water partition coefficient (Wildman–Crippen LogP) is 1.08. The first kappa shape index (κ1) is 18.2. The van der Waals surface area contributed by atoms with Crippen molar-refractivity contribution in [2.75, 3.05) is 0 Å². The van der Waals surface area contributed by atoms with Crippen LogP contribution >= 0.6 is 9.24 Å². The van der Waals surface area contributed by atoms with Gasteiger partial charge in [-0.05, 0) is 67.7 Å². The fraction of sp³-hybridized carbons (Fsp3) is 0.278. The van der Waals surface area contributed by atoms with Gasteiger partial charge in [0.1, 0.15) is 0 Å². The minimum absolute atomic E-state index is 0. The molecule has 0 saturated carbocycles. The summed E-state index contributed by atoms with van der Waals surface area (Å²) < 4.78 is 0. The van der Waals surface area contributed by atoms with Crippen LogP contribution in [0.1, 0.15) is 45.2 Å². The van der Waals surface area contributed by atoms with Gasteiger partial charge in [-0.2, -0.15) is 0 Å². The Morgan fingerprint density at radius 2 is 1.29 bits per heavy atom. The van der Waals surface area contributed by atoms with E-state index in [0.29, 0.717) is 0 Å². The molecule has 106 valence electrons. The zero-order valence-electron chi connectivity index (χ0n) is 14.8. The average molecular weight is 292 g/mol. The maximum atomic E-state index is 12.9. The van der Waals surface area contributed by atoms with Crippen molar-refractivity contribution in [3.8, 4) is 0 Å². The first-order valence-electron chi connectivity index (χ1n) is 6.82. The molecule has 3 heteroatoms. The Hall–Kier alpha value is -0.863. The Balaban J connectivity index is 0.00000220. The summed E-state index contributed by atoms with van der Waals surface area (Å²) in [6.45, 7) is 10.4. The molecule has 2 rings (SSSR count). The first-order chi connectivity index (χ1) is 9.36. The molecule has 2 aromatic carbocycles. The molecule has 0 aromatic heterocycles. The number of hydrogen-bond donors (Lipinski definition) is 0. The van der Waals surface area contributed by atoms with Gasteiger partial charge >= 0.3 is 18.9 Å². The van der Waals surface area contributed by atoms with E-state index in [1.807, 2.05) is 38.1 Å². The van der Waals surface area contributed by atoms with Crippen LogP contribution in [0.2, 0.25) is 0 Å². The topological polar surface area (TPSA) is 17.1 Å². The number of carbonyl (C=O) groups is 1. The molecular weight excluding hydrogens is 270 g/mol. The predicted molar refractivity (Wildman–Crippen MR) is 90.5 cm³/mol. The summed E-state index contributed by atoms with van der Waals surface area (Å²) in [5.74, 6) is 0.122. The van der Waals surface area contributed by atoms with Crippen molar-refractivity contribution in [1.29, 1.82) is 0 Å². The van der Waals surface area contributed by atoms with Gasteiger partial charge in [-0.3, -0.25) is 4.79 Å². The van der Waals surface area contributed by atoms with Crippen LogP contribution < -0.4 is 24.2 Å². The zero-order chi connectivity index (χ0) is 15.0. The molecule has 0 saturated heterocycles. The van der Waals surface area contributed by atoms with Crippen molar-refractivity contribution in [2.24, 2.45) is 0 Å². The number of hydrogen-bond acceptors (Lipinski definition) is 1. The molecule has 0 heterocycles. The molecule has 0 fully saturated rings. The van der Waals surface area contributed by atoms with Crippen LogP contribution in [0.4, 0.5) is 0 Å². The summed E-state index contributed by atoms with van der Waals surface area (Å²) in [6, 6.07) is 7.72. The first-order valence-corrected chi connectivity index (χ1v) is 7.40. The third-order valence-electron chi connectivity index (χ3n) is 4.43. The molecule has 2 aromatic rings. The summed E-state index contributed by atoms with van der Waals surface area (Å²) >= 11 is 0. The van der Waals surface area contributed by atoms with Gasteiger partial charge in [-0.15, -0.1) is 9.24 Å². The second-order valence-corrected chi connectivity index (χ2v) is 6.04. The van der Waals surface area contributed by atoms with E-state index in [0.717, 1.165) is 27.6 Å². The average Bonchev–Trinajstić information content (AvgIpc) is 2.43. The van der Waals surface area contributed by atoms with Crippen LogP contribution in [0.25, 0.3) is 0 Å². The van der Waals surface area contributed by atoms with Crippen molar-refractivity contribution >= 4 is 20.3 Å². The zero-order valence-corrected chi connectivity index (χ0v) is 14.9. The van der Waals surface area contributed by atoms with Crippen molar-refractivity contribution in [2.45, 2.75) is 34.6 Å². The smallest absolute Gasteiger partial charge is 1.00 e. The van der Waals surface area contributed by atoms with Crippen LogP contribution in [-0.2, 0) is 0 Å². The Morgan fingerprint density at radius 3 is 1.76 bits per heavy atom. The van der Waals surface area contributed by atoms with E-state index in [4.69, 9.17) is 0 Å². The Kier molecular flexibility index (Phi) is 6.00. The normalized spacial score (nSPS) is 10.2. The molecule has 0 bridgehead atoms. The summed E-state index contributed by atoms with van der Waals surface area (Å²) in [6.07, 6.45) is 0. The Morgan fingerprint density at radius 1 is 0.857 bits per heavy atom. The van der Waals surface area contributed by atoms with Gasteiger partial charge in [-0.25, -0.2) is 0 Å². The quantitative estimate of drug-likeness (QED) is 0.460. The summed E-state index contributed by atoms with van der Waals surface area (Å²) in [7, 11) is 2.65. The second-order valence-electron chi connectivity index (χ2n) is 5.42. The number of rotatable bonds is 2. The minimum atomic E-state index is 0. The van der Waals surface area contributed by atoms with E-state index in [1.165, 1.54) is 16.7 Å². The summed E-state index contributed by atoms with van der Waals surface area (Å²) in [4.78, 5) is 12.9. The van der Waals surface area contributed by atoms with Gasteiger partial charge in [0, 0.05) is 11.1 Å². The fourth-order valence-corrected chi connectivity index (χ4v) is 3.02. The largest absolute Gasteiger partial charge is 1.00 e. The van der Waals surface area contributed by atoms with E-state index in [2.05, 4.69) is 30.0 Å². The Labute approximate surface area is 143 Å². The van der Waals surface area contributed by atoms with Crippen LogP contribution in [-0.4, -0.2) is 5.78 Å². The summed E-state index contributed by atoms with van der Waals surface area (Å²) in [5, 5.41) is 0.951. The van der Waals surface area contributed by atoms with Gasteiger partial charge in [0.25, 0.3) is 0 Å². The van der Waals surface area contributed by atoms with Crippen LogP contribution in [0.15, 0.2) is 24.3 Å². The van der Waals surface area contributed by atoms with Crippen molar-refractivity contribution < 1.29 is 25.1 Å². The molecular formula is C18H22LiOP. The monoisotopic (exact) mass is 292 g/mol. The number of ketones is 1. The summed E-state index contributed by atoms with van der Waals surface area (Å²) in [5.41, 5.74) is 7.56. The van der Waals surface area contributed by atoms with Gasteiger partial charge in [0.05, 0.1) is 0 Å². The van der Waals surface area contributed by atoms with Gasteiger partial charge in [0.2, 0.25) is 0 Å². The third kappa shape index (κ3) is 3.17. The molecule has 1 nitrogen and oxygen atoms in total. The second kappa shape index (κ2) is 6.93. The molecule has 0 aliphatic rings. The molecule has 1 unspecified atom stereocenters. The minimum Gasteiger partial charge on any atom is -1.00 e. The van der Waals surface area contributed by atoms with E-state index in [9.17, 15) is 4.79 Å². The van der Waals surface area contributed by atoms with E-state index < -0.39 is 0 Å². The van der Waals surface area contributed by atoms with Crippen LogP contribution in [0.5, 0.6) is 0 Å². The molecule has 0 N–H and O–H groups in total. The van der Waals surface area contributed by atoms with Crippen LogP contribution in [0, 0.1) is 34.6 Å². The molecule has 0 aliphatic heterocycles. The molecule has 0 amide bonds. The van der Waals surface area contributed by atoms with E-state index in [1.54, 1.807) is 0 Å². The van der Waals surface area contributed by atoms with Gasteiger partial charge in [-0.1, -0.05) is 24.3 Å².